The highest BCUT2D eigenvalue weighted by atomic mass is 19.1. The number of aldehydes is 1. The van der Waals surface area contributed by atoms with Crippen LogP contribution in [0.15, 0.2) is 36.4 Å². The van der Waals surface area contributed by atoms with E-state index in [2.05, 4.69) is 0 Å². The summed E-state index contributed by atoms with van der Waals surface area (Å²) >= 11 is 0. The van der Waals surface area contributed by atoms with Crippen LogP contribution in [0.1, 0.15) is 15.9 Å². The van der Waals surface area contributed by atoms with E-state index < -0.39 is 17.5 Å². The van der Waals surface area contributed by atoms with Gasteiger partial charge in [0.1, 0.15) is 29.8 Å². The van der Waals surface area contributed by atoms with Crippen molar-refractivity contribution < 1.29 is 22.7 Å². The molecule has 0 aliphatic heterocycles. The number of ether oxygens (including phenoxy) is 1. The highest BCUT2D eigenvalue weighted by Gasteiger charge is 2.08. The minimum Gasteiger partial charge on any atom is -0.488 e. The molecule has 2 aromatic rings. The Kier molecular flexibility index (Phi) is 3.85. The van der Waals surface area contributed by atoms with Gasteiger partial charge in [-0.05, 0) is 30.3 Å². The zero-order valence-corrected chi connectivity index (χ0v) is 9.70. The maximum absolute atomic E-state index is 13.3. The van der Waals surface area contributed by atoms with E-state index >= 15 is 0 Å². The van der Waals surface area contributed by atoms with Crippen LogP contribution in [0.4, 0.5) is 13.2 Å². The van der Waals surface area contributed by atoms with Crippen molar-refractivity contribution in [3.8, 4) is 5.75 Å². The fourth-order valence-electron chi connectivity index (χ4n) is 1.54. The van der Waals surface area contributed by atoms with Gasteiger partial charge in [-0.1, -0.05) is 0 Å². The van der Waals surface area contributed by atoms with Crippen molar-refractivity contribution in [3.63, 3.8) is 0 Å². The van der Waals surface area contributed by atoms with Crippen molar-refractivity contribution in [2.24, 2.45) is 0 Å². The lowest BCUT2D eigenvalue weighted by Crippen LogP contribution is -2.01. The quantitative estimate of drug-likeness (QED) is 0.792. The van der Waals surface area contributed by atoms with Gasteiger partial charge in [0.05, 0.1) is 5.56 Å². The first-order chi connectivity index (χ1) is 9.10. The zero-order valence-electron chi connectivity index (χ0n) is 9.70. The first kappa shape index (κ1) is 13.1. The molecule has 0 atom stereocenters. The van der Waals surface area contributed by atoms with Gasteiger partial charge in [-0.25, -0.2) is 13.2 Å². The number of carbonyl (C=O) groups excluding carboxylic acids is 1. The van der Waals surface area contributed by atoms with Crippen molar-refractivity contribution >= 4 is 6.29 Å². The molecule has 0 saturated carbocycles. The van der Waals surface area contributed by atoms with E-state index in [0.717, 1.165) is 30.3 Å². The van der Waals surface area contributed by atoms with Gasteiger partial charge in [0.25, 0.3) is 0 Å². The molecular formula is C14H9F3O2. The highest BCUT2D eigenvalue weighted by Crippen LogP contribution is 2.20. The van der Waals surface area contributed by atoms with Crippen LogP contribution in [0.25, 0.3) is 0 Å². The molecule has 0 aromatic heterocycles. The van der Waals surface area contributed by atoms with E-state index in [1.165, 1.54) is 6.07 Å². The molecule has 0 bridgehead atoms. The van der Waals surface area contributed by atoms with E-state index in [4.69, 9.17) is 4.74 Å². The highest BCUT2D eigenvalue weighted by molar-refractivity contribution is 5.79. The third kappa shape index (κ3) is 3.13. The third-order valence-electron chi connectivity index (χ3n) is 2.49. The summed E-state index contributed by atoms with van der Waals surface area (Å²) in [4.78, 5) is 10.7. The molecule has 2 rings (SSSR count). The topological polar surface area (TPSA) is 26.3 Å². The van der Waals surface area contributed by atoms with Gasteiger partial charge in [-0.15, -0.1) is 0 Å². The summed E-state index contributed by atoms with van der Waals surface area (Å²) in [6, 6.07) is 6.31. The van der Waals surface area contributed by atoms with E-state index in [1.54, 1.807) is 0 Å². The number of carbonyl (C=O) groups is 1. The van der Waals surface area contributed by atoms with Crippen molar-refractivity contribution in [1.29, 1.82) is 0 Å². The monoisotopic (exact) mass is 266 g/mol. The van der Waals surface area contributed by atoms with Crippen LogP contribution >= 0.6 is 0 Å². The van der Waals surface area contributed by atoms with E-state index in [9.17, 15) is 18.0 Å². The Morgan fingerprint density at radius 1 is 1.00 bits per heavy atom. The maximum Gasteiger partial charge on any atom is 0.153 e. The summed E-state index contributed by atoms with van der Waals surface area (Å²) in [5.74, 6) is -1.83. The first-order valence-corrected chi connectivity index (χ1v) is 5.41. The Bertz CT molecular complexity index is 612. The minimum atomic E-state index is -0.634. The Morgan fingerprint density at radius 3 is 2.42 bits per heavy atom. The molecule has 0 unspecified atom stereocenters. The summed E-state index contributed by atoms with van der Waals surface area (Å²) in [5.41, 5.74) is 0.124. The van der Waals surface area contributed by atoms with Crippen LogP contribution in [0, 0.1) is 17.5 Å². The Hall–Kier alpha value is -2.30. The van der Waals surface area contributed by atoms with Crippen LogP contribution < -0.4 is 4.74 Å². The lowest BCUT2D eigenvalue weighted by atomic mass is 10.2. The van der Waals surface area contributed by atoms with Gasteiger partial charge >= 0.3 is 0 Å². The molecule has 2 aromatic carbocycles. The Labute approximate surface area is 107 Å². The number of hydrogen-bond donors (Lipinski definition) is 0. The van der Waals surface area contributed by atoms with E-state index in [1.807, 2.05) is 0 Å². The molecule has 2 nitrogen and oxygen atoms in total. The molecule has 19 heavy (non-hydrogen) atoms. The number of hydrogen-bond acceptors (Lipinski definition) is 2. The summed E-state index contributed by atoms with van der Waals surface area (Å²) in [7, 11) is 0. The van der Waals surface area contributed by atoms with E-state index in [-0.39, 0.29) is 23.5 Å². The van der Waals surface area contributed by atoms with Gasteiger partial charge in [0.15, 0.2) is 6.29 Å². The predicted molar refractivity (Wildman–Crippen MR) is 62.5 cm³/mol. The molecular weight excluding hydrogens is 257 g/mol. The van der Waals surface area contributed by atoms with Crippen LogP contribution in [0.2, 0.25) is 0 Å². The van der Waals surface area contributed by atoms with Gasteiger partial charge in [-0.2, -0.15) is 0 Å². The van der Waals surface area contributed by atoms with Crippen molar-refractivity contribution in [2.45, 2.75) is 6.61 Å². The summed E-state index contributed by atoms with van der Waals surface area (Å²) in [6.45, 7) is -0.298. The van der Waals surface area contributed by atoms with Gasteiger partial charge in [-0.3, -0.25) is 4.79 Å². The zero-order chi connectivity index (χ0) is 13.8. The second kappa shape index (κ2) is 5.56. The molecule has 5 heteroatoms. The molecule has 0 fully saturated rings. The van der Waals surface area contributed by atoms with Gasteiger partial charge in [0, 0.05) is 11.6 Å². The smallest absolute Gasteiger partial charge is 0.153 e. The molecule has 0 N–H and O–H groups in total. The van der Waals surface area contributed by atoms with Crippen LogP contribution in [-0.4, -0.2) is 6.29 Å². The fraction of sp³-hybridized carbons (Fsp3) is 0.0714. The molecule has 0 spiro atoms. The van der Waals surface area contributed by atoms with Crippen molar-refractivity contribution in [3.05, 3.63) is 65.0 Å². The molecule has 0 amide bonds. The van der Waals surface area contributed by atoms with Crippen molar-refractivity contribution in [1.82, 2.24) is 0 Å². The first-order valence-electron chi connectivity index (χ1n) is 5.41. The minimum absolute atomic E-state index is 0.0129. The summed E-state index contributed by atoms with van der Waals surface area (Å²) in [5, 5.41) is 0. The molecule has 0 radical (unpaired) electrons. The Morgan fingerprint density at radius 2 is 1.68 bits per heavy atom. The largest absolute Gasteiger partial charge is 0.488 e. The van der Waals surface area contributed by atoms with Gasteiger partial charge in [0.2, 0.25) is 0 Å². The Balaban J connectivity index is 2.20. The molecule has 0 aliphatic carbocycles. The lowest BCUT2D eigenvalue weighted by Gasteiger charge is -2.09. The van der Waals surface area contributed by atoms with Gasteiger partial charge < -0.3 is 4.74 Å². The van der Waals surface area contributed by atoms with Crippen LogP contribution in [0.5, 0.6) is 5.75 Å². The molecule has 98 valence electrons. The van der Waals surface area contributed by atoms with Crippen LogP contribution in [0.3, 0.4) is 0 Å². The second-order valence-electron chi connectivity index (χ2n) is 3.82. The lowest BCUT2D eigenvalue weighted by molar-refractivity contribution is 0.111. The average Bonchev–Trinajstić information content (AvgIpc) is 2.40. The third-order valence-corrected chi connectivity index (χ3v) is 2.49. The maximum atomic E-state index is 13.3. The molecule has 0 aliphatic rings. The molecule has 0 saturated heterocycles. The van der Waals surface area contributed by atoms with Crippen molar-refractivity contribution in [2.75, 3.05) is 0 Å². The average molecular weight is 266 g/mol. The van der Waals surface area contributed by atoms with Crippen LogP contribution in [-0.2, 0) is 6.61 Å². The fourth-order valence-corrected chi connectivity index (χ4v) is 1.54. The summed E-state index contributed by atoms with van der Waals surface area (Å²) in [6.07, 6.45) is 0.497. The predicted octanol–water partition coefficient (Wildman–Crippen LogP) is 3.50. The SMILES string of the molecule is O=Cc1ccc(F)cc1OCc1cc(F)ccc1F. The van der Waals surface area contributed by atoms with E-state index in [0.29, 0.717) is 6.29 Å². The summed E-state index contributed by atoms with van der Waals surface area (Å²) < 4.78 is 44.5. The second-order valence-corrected chi connectivity index (χ2v) is 3.82. The number of rotatable bonds is 4. The normalized spacial score (nSPS) is 10.3. The number of benzene rings is 2. The standard InChI is InChI=1S/C14H9F3O2/c15-11-3-4-13(17)10(5-11)8-19-14-6-12(16)2-1-9(14)7-18/h1-7H,8H2. The molecule has 0 heterocycles. The number of halogens is 3.